The summed E-state index contributed by atoms with van der Waals surface area (Å²) in [7, 11) is -2.28. The summed E-state index contributed by atoms with van der Waals surface area (Å²) in [4.78, 5) is 40.1. The number of likely N-dealkylation sites (N-methyl/N-ethyl adjacent to an activating group) is 1. The molecule has 1 heterocycles. The Morgan fingerprint density at radius 1 is 1.28 bits per heavy atom. The van der Waals surface area contributed by atoms with E-state index in [9.17, 15) is 22.8 Å². The summed E-state index contributed by atoms with van der Waals surface area (Å²) >= 11 is 0. The minimum absolute atomic E-state index is 0.00209. The maximum absolute atomic E-state index is 12.7. The molecule has 2 rings (SSSR count). The van der Waals surface area contributed by atoms with Crippen LogP contribution in [0.5, 0.6) is 0 Å². The van der Waals surface area contributed by atoms with Gasteiger partial charge in [-0.05, 0) is 44.0 Å². The Balaban J connectivity index is 1.96. The standard InChI is InChI=1S/C21H28N4O6S/c1-3-31-21(28)17-6-4-13-25(14-17)19(26)15-24(2)20(27)16-7-9-18(10-8-16)32(29,30)23-12-5-11-22/h7-10,17,23H,3-6,12-15H2,1-2H3. The summed E-state index contributed by atoms with van der Waals surface area (Å²) < 4.78 is 31.7. The summed E-state index contributed by atoms with van der Waals surface area (Å²) in [5.74, 6) is -1.37. The van der Waals surface area contributed by atoms with Crippen molar-refractivity contribution < 1.29 is 27.5 Å². The molecule has 1 aromatic rings. The Morgan fingerprint density at radius 3 is 2.59 bits per heavy atom. The minimum Gasteiger partial charge on any atom is -0.466 e. The number of ether oxygens (including phenoxy) is 1. The number of piperidine rings is 1. The second kappa shape index (κ2) is 11.6. The van der Waals surface area contributed by atoms with E-state index in [0.29, 0.717) is 19.4 Å². The van der Waals surface area contributed by atoms with Gasteiger partial charge in [0, 0.05) is 38.7 Å². The van der Waals surface area contributed by atoms with Gasteiger partial charge in [0.25, 0.3) is 5.91 Å². The van der Waals surface area contributed by atoms with Crippen molar-refractivity contribution in [2.24, 2.45) is 5.92 Å². The minimum atomic E-state index is -3.77. The molecule has 2 amide bonds. The molecule has 0 saturated carbocycles. The lowest BCUT2D eigenvalue weighted by Gasteiger charge is -2.32. The van der Waals surface area contributed by atoms with E-state index in [1.807, 2.05) is 6.07 Å². The molecule has 0 aromatic heterocycles. The van der Waals surface area contributed by atoms with E-state index >= 15 is 0 Å². The fourth-order valence-corrected chi connectivity index (χ4v) is 4.38. The highest BCUT2D eigenvalue weighted by atomic mass is 32.2. The highest BCUT2D eigenvalue weighted by molar-refractivity contribution is 7.89. The molecule has 1 atom stereocenters. The van der Waals surface area contributed by atoms with Crippen molar-refractivity contribution in [3.05, 3.63) is 29.8 Å². The molecule has 1 aromatic carbocycles. The van der Waals surface area contributed by atoms with Crippen LogP contribution in [0.3, 0.4) is 0 Å². The second-order valence-corrected chi connectivity index (χ2v) is 9.19. The van der Waals surface area contributed by atoms with Gasteiger partial charge in [-0.1, -0.05) is 0 Å². The number of nitrogens with zero attached hydrogens (tertiary/aromatic N) is 3. The van der Waals surface area contributed by atoms with Crippen LogP contribution in [0.15, 0.2) is 29.2 Å². The summed E-state index contributed by atoms with van der Waals surface area (Å²) in [6.45, 7) is 2.64. The van der Waals surface area contributed by atoms with Crippen LogP contribution in [-0.2, 0) is 24.3 Å². The van der Waals surface area contributed by atoms with Crippen LogP contribution in [0.2, 0.25) is 0 Å². The van der Waals surface area contributed by atoms with E-state index in [1.165, 1.54) is 36.2 Å². The van der Waals surface area contributed by atoms with E-state index in [-0.39, 0.29) is 60.9 Å². The number of benzene rings is 1. The first kappa shape index (κ1) is 25.3. The average molecular weight is 465 g/mol. The lowest BCUT2D eigenvalue weighted by Crippen LogP contribution is -2.47. The monoisotopic (exact) mass is 464 g/mol. The number of esters is 1. The predicted molar refractivity (Wildman–Crippen MR) is 115 cm³/mol. The van der Waals surface area contributed by atoms with Gasteiger partial charge in [0.1, 0.15) is 0 Å². The van der Waals surface area contributed by atoms with Crippen molar-refractivity contribution in [3.63, 3.8) is 0 Å². The number of nitriles is 1. The van der Waals surface area contributed by atoms with Gasteiger partial charge in [-0.3, -0.25) is 14.4 Å². The molecule has 10 nitrogen and oxygen atoms in total. The molecule has 1 unspecified atom stereocenters. The first-order chi connectivity index (χ1) is 15.2. The Hall–Kier alpha value is -2.97. The molecule has 0 spiro atoms. The van der Waals surface area contributed by atoms with Crippen LogP contribution in [0.1, 0.15) is 36.5 Å². The highest BCUT2D eigenvalue weighted by Crippen LogP contribution is 2.18. The zero-order valence-electron chi connectivity index (χ0n) is 18.2. The quantitative estimate of drug-likeness (QED) is 0.421. The van der Waals surface area contributed by atoms with Crippen LogP contribution in [0.4, 0.5) is 0 Å². The lowest BCUT2D eigenvalue weighted by atomic mass is 9.98. The van der Waals surface area contributed by atoms with E-state index in [1.54, 1.807) is 11.8 Å². The van der Waals surface area contributed by atoms with Crippen LogP contribution in [0.25, 0.3) is 0 Å². The van der Waals surface area contributed by atoms with Crippen molar-refractivity contribution >= 4 is 27.8 Å². The van der Waals surface area contributed by atoms with Gasteiger partial charge < -0.3 is 14.5 Å². The van der Waals surface area contributed by atoms with E-state index in [4.69, 9.17) is 10.00 Å². The number of likely N-dealkylation sites (tertiary alicyclic amines) is 1. The number of carbonyl (C=O) groups is 3. The molecule has 0 radical (unpaired) electrons. The molecule has 11 heteroatoms. The van der Waals surface area contributed by atoms with Crippen LogP contribution >= 0.6 is 0 Å². The average Bonchev–Trinajstić information content (AvgIpc) is 2.79. The number of carbonyl (C=O) groups excluding carboxylic acids is 3. The second-order valence-electron chi connectivity index (χ2n) is 7.42. The Labute approximate surface area is 188 Å². The summed E-state index contributed by atoms with van der Waals surface area (Å²) in [6.07, 6.45) is 1.40. The number of nitrogens with one attached hydrogen (secondary N) is 1. The molecule has 1 fully saturated rings. The normalized spacial score (nSPS) is 16.2. The van der Waals surface area contributed by atoms with Gasteiger partial charge in [-0.15, -0.1) is 0 Å². The molecule has 174 valence electrons. The summed E-state index contributed by atoms with van der Waals surface area (Å²) in [5.41, 5.74) is 0.235. The van der Waals surface area contributed by atoms with E-state index < -0.39 is 15.9 Å². The van der Waals surface area contributed by atoms with Crippen molar-refractivity contribution in [2.75, 3.05) is 39.8 Å². The number of rotatable bonds is 9. The summed E-state index contributed by atoms with van der Waals surface area (Å²) in [6, 6.07) is 7.20. The third-order valence-corrected chi connectivity index (χ3v) is 6.53. The zero-order valence-corrected chi connectivity index (χ0v) is 19.1. The van der Waals surface area contributed by atoms with Crippen LogP contribution < -0.4 is 4.72 Å². The zero-order chi connectivity index (χ0) is 23.7. The largest absolute Gasteiger partial charge is 0.466 e. The first-order valence-corrected chi connectivity index (χ1v) is 11.8. The van der Waals surface area contributed by atoms with Gasteiger partial charge in [0.2, 0.25) is 15.9 Å². The molecule has 1 aliphatic rings. The molecule has 32 heavy (non-hydrogen) atoms. The summed E-state index contributed by atoms with van der Waals surface area (Å²) in [5, 5.41) is 8.51. The molecule has 1 aliphatic heterocycles. The Kier molecular flexibility index (Phi) is 9.16. The van der Waals surface area contributed by atoms with Gasteiger partial charge >= 0.3 is 5.97 Å². The van der Waals surface area contributed by atoms with Gasteiger partial charge in [0.05, 0.1) is 30.0 Å². The highest BCUT2D eigenvalue weighted by Gasteiger charge is 2.30. The molecular formula is C21H28N4O6S. The SMILES string of the molecule is CCOC(=O)C1CCCN(C(=O)CN(C)C(=O)c2ccc(S(=O)(=O)NCCC#N)cc2)C1. The predicted octanol–water partition coefficient (Wildman–Crippen LogP) is 0.752. The molecular weight excluding hydrogens is 436 g/mol. The van der Waals surface area contributed by atoms with E-state index in [2.05, 4.69) is 4.72 Å². The number of hydrogen-bond acceptors (Lipinski definition) is 7. The van der Waals surface area contributed by atoms with Crippen molar-refractivity contribution in [1.29, 1.82) is 5.26 Å². The molecule has 1 N–H and O–H groups in total. The topological polar surface area (TPSA) is 137 Å². The number of amides is 2. The smallest absolute Gasteiger partial charge is 0.310 e. The van der Waals surface area contributed by atoms with Crippen molar-refractivity contribution in [3.8, 4) is 6.07 Å². The van der Waals surface area contributed by atoms with Gasteiger partial charge in [-0.25, -0.2) is 13.1 Å². The molecule has 0 bridgehead atoms. The van der Waals surface area contributed by atoms with Crippen LogP contribution in [-0.4, -0.2) is 75.8 Å². The Bertz CT molecular complexity index is 971. The number of hydrogen-bond donors (Lipinski definition) is 1. The Morgan fingerprint density at radius 2 is 1.97 bits per heavy atom. The number of sulfonamides is 1. The third kappa shape index (κ3) is 6.77. The molecule has 1 saturated heterocycles. The maximum atomic E-state index is 12.7. The van der Waals surface area contributed by atoms with Crippen molar-refractivity contribution in [2.45, 2.75) is 31.1 Å². The first-order valence-electron chi connectivity index (χ1n) is 10.4. The van der Waals surface area contributed by atoms with Crippen molar-refractivity contribution in [1.82, 2.24) is 14.5 Å². The third-order valence-electron chi connectivity index (χ3n) is 5.05. The fourth-order valence-electron chi connectivity index (χ4n) is 3.35. The molecule has 0 aliphatic carbocycles. The maximum Gasteiger partial charge on any atom is 0.310 e. The fraction of sp³-hybridized carbons (Fsp3) is 0.524. The van der Waals surface area contributed by atoms with Gasteiger partial charge in [-0.2, -0.15) is 5.26 Å². The van der Waals surface area contributed by atoms with Gasteiger partial charge in [0.15, 0.2) is 0 Å². The lowest BCUT2D eigenvalue weighted by molar-refractivity contribution is -0.151. The van der Waals surface area contributed by atoms with E-state index in [0.717, 1.165) is 0 Å². The van der Waals surface area contributed by atoms with Crippen LogP contribution in [0, 0.1) is 17.2 Å².